The summed E-state index contributed by atoms with van der Waals surface area (Å²) < 4.78 is 0. The summed E-state index contributed by atoms with van der Waals surface area (Å²) in [5.41, 5.74) is -0.405. The topological polar surface area (TPSA) is 32.3 Å². The normalized spacial score (nSPS) is 39.9. The van der Waals surface area contributed by atoms with E-state index in [0.717, 1.165) is 24.5 Å². The Labute approximate surface area is 88.2 Å². The van der Waals surface area contributed by atoms with Crippen LogP contribution in [0.1, 0.15) is 12.8 Å². The highest BCUT2D eigenvalue weighted by Crippen LogP contribution is 2.27. The summed E-state index contributed by atoms with van der Waals surface area (Å²) in [6, 6.07) is 0.652. The SMILES string of the molecule is OC1(CNC2CCSC2)CCSC1. The quantitative estimate of drug-likeness (QED) is 0.740. The molecule has 0 saturated carbocycles. The molecule has 13 heavy (non-hydrogen) atoms. The van der Waals surface area contributed by atoms with Crippen molar-refractivity contribution in [3.63, 3.8) is 0 Å². The molecule has 0 amide bonds. The lowest BCUT2D eigenvalue weighted by Gasteiger charge is -2.23. The second-order valence-electron chi connectivity index (χ2n) is 3.97. The number of nitrogens with one attached hydrogen (secondary N) is 1. The lowest BCUT2D eigenvalue weighted by Crippen LogP contribution is -2.44. The van der Waals surface area contributed by atoms with Crippen molar-refractivity contribution in [2.45, 2.75) is 24.5 Å². The standard InChI is InChI=1S/C9H17NOS2/c11-9(2-4-13-7-9)6-10-8-1-3-12-5-8/h8,10-11H,1-7H2. The second kappa shape index (κ2) is 4.43. The molecule has 2 fully saturated rings. The van der Waals surface area contributed by atoms with Crippen LogP contribution in [0.5, 0.6) is 0 Å². The molecule has 2 unspecified atom stereocenters. The van der Waals surface area contributed by atoms with Crippen molar-refractivity contribution in [2.75, 3.05) is 29.6 Å². The minimum absolute atomic E-state index is 0.405. The van der Waals surface area contributed by atoms with Crippen LogP contribution in [0.15, 0.2) is 0 Å². The minimum atomic E-state index is -0.405. The summed E-state index contributed by atoms with van der Waals surface area (Å²) in [6.45, 7) is 0.797. The molecule has 2 nitrogen and oxygen atoms in total. The average Bonchev–Trinajstić information content (AvgIpc) is 2.72. The Morgan fingerprint density at radius 3 is 2.92 bits per heavy atom. The Morgan fingerprint density at radius 1 is 1.38 bits per heavy atom. The Hall–Kier alpha value is 0.620. The molecule has 76 valence electrons. The highest BCUT2D eigenvalue weighted by molar-refractivity contribution is 7.99. The van der Waals surface area contributed by atoms with Crippen molar-refractivity contribution >= 4 is 23.5 Å². The van der Waals surface area contributed by atoms with E-state index in [1.165, 1.54) is 17.9 Å². The van der Waals surface area contributed by atoms with E-state index in [2.05, 4.69) is 5.32 Å². The molecule has 0 radical (unpaired) electrons. The largest absolute Gasteiger partial charge is 0.388 e. The summed E-state index contributed by atoms with van der Waals surface area (Å²) in [6.07, 6.45) is 2.23. The van der Waals surface area contributed by atoms with Gasteiger partial charge in [-0.05, 0) is 24.3 Å². The molecular weight excluding hydrogens is 202 g/mol. The first kappa shape index (κ1) is 10.1. The summed E-state index contributed by atoms with van der Waals surface area (Å²) >= 11 is 3.88. The molecule has 2 heterocycles. The van der Waals surface area contributed by atoms with E-state index in [4.69, 9.17) is 0 Å². The van der Waals surface area contributed by atoms with Crippen LogP contribution < -0.4 is 5.32 Å². The molecule has 2 aliphatic heterocycles. The molecule has 0 aromatic rings. The van der Waals surface area contributed by atoms with Crippen molar-refractivity contribution in [1.82, 2.24) is 5.32 Å². The van der Waals surface area contributed by atoms with E-state index < -0.39 is 5.60 Å². The molecule has 0 aromatic carbocycles. The molecule has 0 aliphatic carbocycles. The average molecular weight is 219 g/mol. The fourth-order valence-corrected chi connectivity index (χ4v) is 4.25. The Kier molecular flexibility index (Phi) is 3.46. The zero-order chi connectivity index (χ0) is 9.15. The number of rotatable bonds is 3. The monoisotopic (exact) mass is 219 g/mol. The Balaban J connectivity index is 1.71. The molecule has 0 bridgehead atoms. The predicted octanol–water partition coefficient (Wildman–Crippen LogP) is 0.949. The van der Waals surface area contributed by atoms with Gasteiger partial charge in [0.05, 0.1) is 5.60 Å². The molecule has 0 spiro atoms. The van der Waals surface area contributed by atoms with Crippen molar-refractivity contribution in [3.8, 4) is 0 Å². The van der Waals surface area contributed by atoms with Gasteiger partial charge in [-0.2, -0.15) is 23.5 Å². The van der Waals surface area contributed by atoms with Gasteiger partial charge in [0.2, 0.25) is 0 Å². The van der Waals surface area contributed by atoms with Crippen LogP contribution >= 0.6 is 23.5 Å². The maximum atomic E-state index is 10.1. The van der Waals surface area contributed by atoms with Gasteiger partial charge in [-0.25, -0.2) is 0 Å². The molecule has 2 saturated heterocycles. The van der Waals surface area contributed by atoms with Gasteiger partial charge < -0.3 is 10.4 Å². The van der Waals surface area contributed by atoms with Crippen LogP contribution in [-0.4, -0.2) is 46.3 Å². The maximum Gasteiger partial charge on any atom is 0.0869 e. The van der Waals surface area contributed by atoms with Crippen LogP contribution in [0.3, 0.4) is 0 Å². The molecule has 4 heteroatoms. The third-order valence-corrected chi connectivity index (χ3v) is 5.13. The first-order chi connectivity index (χ1) is 6.29. The Bertz CT molecular complexity index is 165. The van der Waals surface area contributed by atoms with E-state index in [0.29, 0.717) is 6.04 Å². The predicted molar refractivity (Wildman–Crippen MR) is 60.6 cm³/mol. The number of hydrogen-bond acceptors (Lipinski definition) is 4. The van der Waals surface area contributed by atoms with Crippen molar-refractivity contribution in [2.24, 2.45) is 0 Å². The molecule has 2 N–H and O–H groups in total. The van der Waals surface area contributed by atoms with E-state index in [9.17, 15) is 5.11 Å². The fourth-order valence-electron chi connectivity index (χ4n) is 1.77. The third-order valence-electron chi connectivity index (χ3n) is 2.73. The first-order valence-electron chi connectivity index (χ1n) is 4.90. The summed E-state index contributed by atoms with van der Waals surface area (Å²) in [5, 5.41) is 13.5. The minimum Gasteiger partial charge on any atom is -0.388 e. The zero-order valence-corrected chi connectivity index (χ0v) is 9.42. The van der Waals surface area contributed by atoms with Crippen LogP contribution in [0, 0.1) is 0 Å². The van der Waals surface area contributed by atoms with Gasteiger partial charge in [-0.15, -0.1) is 0 Å². The van der Waals surface area contributed by atoms with Crippen molar-refractivity contribution in [1.29, 1.82) is 0 Å². The van der Waals surface area contributed by atoms with Gasteiger partial charge in [0.15, 0.2) is 0 Å². The van der Waals surface area contributed by atoms with E-state index in [1.54, 1.807) is 0 Å². The van der Waals surface area contributed by atoms with Crippen LogP contribution in [-0.2, 0) is 0 Å². The number of hydrogen-bond donors (Lipinski definition) is 2. The fraction of sp³-hybridized carbons (Fsp3) is 1.00. The first-order valence-corrected chi connectivity index (χ1v) is 7.21. The highest BCUT2D eigenvalue weighted by Gasteiger charge is 2.32. The summed E-state index contributed by atoms with van der Waals surface area (Å²) in [5.74, 6) is 4.55. The molecule has 2 atom stereocenters. The number of thioether (sulfide) groups is 2. The van der Waals surface area contributed by atoms with Crippen LogP contribution in [0.2, 0.25) is 0 Å². The summed E-state index contributed by atoms with van der Waals surface area (Å²) in [4.78, 5) is 0. The molecule has 2 rings (SSSR count). The van der Waals surface area contributed by atoms with E-state index >= 15 is 0 Å². The van der Waals surface area contributed by atoms with Gasteiger partial charge in [-0.1, -0.05) is 0 Å². The maximum absolute atomic E-state index is 10.1. The lowest BCUT2D eigenvalue weighted by atomic mass is 10.0. The smallest absolute Gasteiger partial charge is 0.0869 e. The van der Waals surface area contributed by atoms with Gasteiger partial charge in [-0.3, -0.25) is 0 Å². The Morgan fingerprint density at radius 2 is 2.31 bits per heavy atom. The van der Waals surface area contributed by atoms with Gasteiger partial charge >= 0.3 is 0 Å². The van der Waals surface area contributed by atoms with Crippen LogP contribution in [0.25, 0.3) is 0 Å². The lowest BCUT2D eigenvalue weighted by molar-refractivity contribution is 0.0654. The molecular formula is C9H17NOS2. The van der Waals surface area contributed by atoms with E-state index in [1.807, 2.05) is 23.5 Å². The highest BCUT2D eigenvalue weighted by atomic mass is 32.2. The second-order valence-corrected chi connectivity index (χ2v) is 6.22. The van der Waals surface area contributed by atoms with Gasteiger partial charge in [0.1, 0.15) is 0 Å². The molecule has 0 aromatic heterocycles. The van der Waals surface area contributed by atoms with Crippen molar-refractivity contribution in [3.05, 3.63) is 0 Å². The van der Waals surface area contributed by atoms with Gasteiger partial charge in [0, 0.05) is 24.1 Å². The van der Waals surface area contributed by atoms with Crippen molar-refractivity contribution < 1.29 is 5.11 Å². The summed E-state index contributed by atoms with van der Waals surface area (Å²) in [7, 11) is 0. The molecule has 2 aliphatic rings. The van der Waals surface area contributed by atoms with Gasteiger partial charge in [0.25, 0.3) is 0 Å². The third kappa shape index (κ3) is 2.78. The number of aliphatic hydroxyl groups is 1. The van der Waals surface area contributed by atoms with Crippen LogP contribution in [0.4, 0.5) is 0 Å². The zero-order valence-electron chi connectivity index (χ0n) is 7.79. The van der Waals surface area contributed by atoms with E-state index in [-0.39, 0.29) is 0 Å².